The van der Waals surface area contributed by atoms with E-state index in [2.05, 4.69) is 20.1 Å². The summed E-state index contributed by atoms with van der Waals surface area (Å²) in [5.41, 5.74) is 0.0321. The van der Waals surface area contributed by atoms with E-state index in [1.807, 2.05) is 44.2 Å². The molecule has 2 heterocycles. The largest absolute Gasteiger partial charge is 0.384 e. The van der Waals surface area contributed by atoms with Crippen LogP contribution in [0.2, 0.25) is 0 Å². The molecule has 2 N–H and O–H groups in total. The van der Waals surface area contributed by atoms with E-state index in [9.17, 15) is 5.11 Å². The Balaban J connectivity index is 1.67. The first-order valence-corrected chi connectivity index (χ1v) is 7.55. The number of ether oxygens (including phenoxy) is 1. The van der Waals surface area contributed by atoms with Crippen molar-refractivity contribution in [2.75, 3.05) is 26.2 Å². The molecule has 0 amide bonds. The summed E-state index contributed by atoms with van der Waals surface area (Å²) < 4.78 is 5.76. The van der Waals surface area contributed by atoms with Crippen molar-refractivity contribution in [3.8, 4) is 0 Å². The van der Waals surface area contributed by atoms with Gasteiger partial charge in [-0.3, -0.25) is 10.00 Å². The van der Waals surface area contributed by atoms with Gasteiger partial charge in [-0.15, -0.1) is 0 Å². The highest BCUT2D eigenvalue weighted by Gasteiger charge is 2.31. The number of rotatable bonds is 4. The molecule has 6 heteroatoms. The molecule has 3 rings (SSSR count). The van der Waals surface area contributed by atoms with E-state index in [1.165, 1.54) is 0 Å². The number of nitrogens with zero attached hydrogens (tertiary/aromatic N) is 3. The standard InChI is InChI=1S/C16H22N4O2/c1-12-17-15(19-18-12)14-10-20(8-9-22-14)11-16(2,21)13-6-4-3-5-7-13/h3-7,14,21H,8-11H2,1-2H3,(H,17,18,19). The summed E-state index contributed by atoms with van der Waals surface area (Å²) in [7, 11) is 0. The van der Waals surface area contributed by atoms with Crippen molar-refractivity contribution in [1.29, 1.82) is 0 Å². The van der Waals surface area contributed by atoms with Gasteiger partial charge in [0.25, 0.3) is 0 Å². The van der Waals surface area contributed by atoms with E-state index in [0.717, 1.165) is 17.9 Å². The third-order valence-electron chi connectivity index (χ3n) is 3.98. The van der Waals surface area contributed by atoms with E-state index in [0.29, 0.717) is 25.5 Å². The molecule has 0 saturated carbocycles. The van der Waals surface area contributed by atoms with Gasteiger partial charge in [0.05, 0.1) is 12.2 Å². The molecule has 0 bridgehead atoms. The third-order valence-corrected chi connectivity index (χ3v) is 3.98. The normalized spacial score (nSPS) is 22.4. The fraction of sp³-hybridized carbons (Fsp3) is 0.500. The zero-order valence-corrected chi connectivity index (χ0v) is 13.0. The van der Waals surface area contributed by atoms with Crippen LogP contribution in [0.25, 0.3) is 0 Å². The number of morpholine rings is 1. The summed E-state index contributed by atoms with van der Waals surface area (Å²) in [4.78, 5) is 6.54. The van der Waals surface area contributed by atoms with Crippen LogP contribution in [0.3, 0.4) is 0 Å². The van der Waals surface area contributed by atoms with Gasteiger partial charge in [0.1, 0.15) is 11.9 Å². The van der Waals surface area contributed by atoms with Crippen LogP contribution in [-0.4, -0.2) is 51.4 Å². The first kappa shape index (κ1) is 15.1. The van der Waals surface area contributed by atoms with E-state index >= 15 is 0 Å². The second kappa shape index (κ2) is 6.16. The number of hydrogen-bond acceptors (Lipinski definition) is 5. The summed E-state index contributed by atoms with van der Waals surface area (Å²) in [6, 6.07) is 9.76. The zero-order valence-electron chi connectivity index (χ0n) is 13.0. The Hall–Kier alpha value is -1.76. The molecule has 0 spiro atoms. The smallest absolute Gasteiger partial charge is 0.180 e. The first-order chi connectivity index (χ1) is 10.5. The summed E-state index contributed by atoms with van der Waals surface area (Å²) in [6.45, 7) is 6.37. The van der Waals surface area contributed by atoms with Crippen molar-refractivity contribution in [2.24, 2.45) is 0 Å². The molecule has 1 aromatic heterocycles. The van der Waals surface area contributed by atoms with Crippen LogP contribution in [0.4, 0.5) is 0 Å². The maximum atomic E-state index is 10.8. The molecule has 1 aliphatic heterocycles. The second-order valence-electron chi connectivity index (χ2n) is 6.01. The number of H-pyrrole nitrogens is 1. The van der Waals surface area contributed by atoms with Gasteiger partial charge in [-0.2, -0.15) is 5.10 Å². The molecular formula is C16H22N4O2. The summed E-state index contributed by atoms with van der Waals surface area (Å²) >= 11 is 0. The third kappa shape index (κ3) is 3.35. The molecule has 118 valence electrons. The number of aromatic nitrogens is 3. The summed E-state index contributed by atoms with van der Waals surface area (Å²) in [6.07, 6.45) is -0.148. The topological polar surface area (TPSA) is 74.3 Å². The number of hydrogen-bond donors (Lipinski definition) is 2. The van der Waals surface area contributed by atoms with E-state index in [-0.39, 0.29) is 6.10 Å². The summed E-state index contributed by atoms with van der Waals surface area (Å²) in [5.74, 6) is 1.47. The molecule has 6 nitrogen and oxygen atoms in total. The quantitative estimate of drug-likeness (QED) is 0.893. The lowest BCUT2D eigenvalue weighted by molar-refractivity contribution is -0.0654. The highest BCUT2D eigenvalue weighted by atomic mass is 16.5. The Bertz CT molecular complexity index is 612. The predicted molar refractivity (Wildman–Crippen MR) is 82.3 cm³/mol. The van der Waals surface area contributed by atoms with Gasteiger partial charge in [-0.05, 0) is 19.4 Å². The number of β-amino-alcohol motifs (C(OH)–C–C–N with tert-alkyl or cyclic N) is 1. The van der Waals surface area contributed by atoms with Crippen LogP contribution >= 0.6 is 0 Å². The maximum absolute atomic E-state index is 10.8. The number of aliphatic hydroxyl groups is 1. The minimum atomic E-state index is -0.891. The van der Waals surface area contributed by atoms with Crippen LogP contribution in [0, 0.1) is 6.92 Å². The Morgan fingerprint density at radius 3 is 2.86 bits per heavy atom. The second-order valence-corrected chi connectivity index (χ2v) is 6.01. The monoisotopic (exact) mass is 302 g/mol. The van der Waals surface area contributed by atoms with Crippen LogP contribution in [0.5, 0.6) is 0 Å². The Labute approximate surface area is 130 Å². The molecule has 1 aliphatic rings. The van der Waals surface area contributed by atoms with Crippen LogP contribution < -0.4 is 0 Å². The van der Waals surface area contributed by atoms with Crippen molar-refractivity contribution in [1.82, 2.24) is 20.1 Å². The summed E-state index contributed by atoms with van der Waals surface area (Å²) in [5, 5.41) is 17.8. The van der Waals surface area contributed by atoms with Gasteiger partial charge in [0.2, 0.25) is 0 Å². The van der Waals surface area contributed by atoms with E-state index in [1.54, 1.807) is 0 Å². The lowest BCUT2D eigenvalue weighted by Gasteiger charge is -2.36. The van der Waals surface area contributed by atoms with Crippen molar-refractivity contribution < 1.29 is 9.84 Å². The molecule has 1 aromatic carbocycles. The highest BCUT2D eigenvalue weighted by molar-refractivity contribution is 5.21. The molecule has 2 atom stereocenters. The fourth-order valence-electron chi connectivity index (χ4n) is 2.83. The zero-order chi connectivity index (χ0) is 15.6. The van der Waals surface area contributed by atoms with Gasteiger partial charge in [-0.25, -0.2) is 4.98 Å². The van der Waals surface area contributed by atoms with Crippen LogP contribution in [0.1, 0.15) is 30.2 Å². The molecule has 0 aliphatic carbocycles. The molecular weight excluding hydrogens is 280 g/mol. The van der Waals surface area contributed by atoms with Gasteiger partial charge >= 0.3 is 0 Å². The molecule has 2 unspecified atom stereocenters. The minimum absolute atomic E-state index is 0.148. The van der Waals surface area contributed by atoms with Crippen molar-refractivity contribution >= 4 is 0 Å². The van der Waals surface area contributed by atoms with Crippen LogP contribution in [0.15, 0.2) is 30.3 Å². The lowest BCUT2D eigenvalue weighted by atomic mass is 9.95. The number of aryl methyl sites for hydroxylation is 1. The Morgan fingerprint density at radius 1 is 1.41 bits per heavy atom. The Kier molecular flexibility index (Phi) is 4.24. The molecule has 1 saturated heterocycles. The van der Waals surface area contributed by atoms with Gasteiger partial charge < -0.3 is 9.84 Å². The molecule has 2 aromatic rings. The SMILES string of the molecule is Cc1nc(C2CN(CC(C)(O)c3ccccc3)CCO2)n[nH]1. The fourth-order valence-corrected chi connectivity index (χ4v) is 2.83. The molecule has 22 heavy (non-hydrogen) atoms. The molecule has 1 fully saturated rings. The molecule has 0 radical (unpaired) electrons. The van der Waals surface area contributed by atoms with Crippen molar-refractivity contribution in [3.05, 3.63) is 47.5 Å². The van der Waals surface area contributed by atoms with Crippen LogP contribution in [-0.2, 0) is 10.3 Å². The number of benzene rings is 1. The highest BCUT2D eigenvalue weighted by Crippen LogP contribution is 2.25. The van der Waals surface area contributed by atoms with E-state index < -0.39 is 5.60 Å². The Morgan fingerprint density at radius 2 is 2.18 bits per heavy atom. The van der Waals surface area contributed by atoms with E-state index in [4.69, 9.17) is 4.74 Å². The average Bonchev–Trinajstić information content (AvgIpc) is 2.95. The lowest BCUT2D eigenvalue weighted by Crippen LogP contribution is -2.45. The minimum Gasteiger partial charge on any atom is -0.384 e. The average molecular weight is 302 g/mol. The van der Waals surface area contributed by atoms with Gasteiger partial charge in [0, 0.05) is 19.6 Å². The number of nitrogens with one attached hydrogen (secondary N) is 1. The van der Waals surface area contributed by atoms with Gasteiger partial charge in [0.15, 0.2) is 5.82 Å². The van der Waals surface area contributed by atoms with Crippen molar-refractivity contribution in [2.45, 2.75) is 25.6 Å². The van der Waals surface area contributed by atoms with Gasteiger partial charge in [-0.1, -0.05) is 30.3 Å². The number of aromatic amines is 1. The first-order valence-electron chi connectivity index (χ1n) is 7.55. The van der Waals surface area contributed by atoms with Crippen molar-refractivity contribution in [3.63, 3.8) is 0 Å². The maximum Gasteiger partial charge on any atom is 0.180 e. The predicted octanol–water partition coefficient (Wildman–Crippen LogP) is 1.39.